The molecule has 2 N–H and O–H groups in total. The molecule has 120 valence electrons. The van der Waals surface area contributed by atoms with Crippen molar-refractivity contribution in [1.29, 1.82) is 0 Å². The minimum atomic E-state index is 0. The number of anilines is 1. The molecule has 0 saturated carbocycles. The summed E-state index contributed by atoms with van der Waals surface area (Å²) in [5.74, 6) is 0.169. The van der Waals surface area contributed by atoms with E-state index >= 15 is 0 Å². The van der Waals surface area contributed by atoms with Gasteiger partial charge in [0.25, 0.3) is 0 Å². The van der Waals surface area contributed by atoms with Gasteiger partial charge in [-0.2, -0.15) is 0 Å². The van der Waals surface area contributed by atoms with E-state index in [9.17, 15) is 4.79 Å². The number of carbonyl (C=O) groups is 1. The lowest BCUT2D eigenvalue weighted by atomic mass is 9.98. The Morgan fingerprint density at radius 1 is 1.32 bits per heavy atom. The van der Waals surface area contributed by atoms with Gasteiger partial charge in [0, 0.05) is 18.1 Å². The van der Waals surface area contributed by atoms with E-state index in [1.807, 2.05) is 31.2 Å². The van der Waals surface area contributed by atoms with Crippen LogP contribution in [-0.2, 0) is 4.79 Å². The Bertz CT molecular complexity index is 642. The van der Waals surface area contributed by atoms with Gasteiger partial charge >= 0.3 is 0 Å². The summed E-state index contributed by atoms with van der Waals surface area (Å²) < 4.78 is 0. The Hall–Kier alpha value is -1.36. The average molecular weight is 342 g/mol. The number of aryl methyl sites for hydroxylation is 1. The predicted octanol–water partition coefficient (Wildman–Crippen LogP) is 3.32. The second-order valence-electron chi connectivity index (χ2n) is 5.36. The number of hydrogen-bond donors (Lipinski definition) is 2. The number of benzene rings is 1. The first kappa shape index (κ1) is 18.7. The van der Waals surface area contributed by atoms with E-state index in [4.69, 9.17) is 0 Å². The van der Waals surface area contributed by atoms with Gasteiger partial charge in [0.05, 0.1) is 17.1 Å². The van der Waals surface area contributed by atoms with Gasteiger partial charge in [-0.1, -0.05) is 6.07 Å². The van der Waals surface area contributed by atoms with E-state index < -0.39 is 0 Å². The number of nitrogens with one attached hydrogen (secondary N) is 2. The first-order valence-corrected chi connectivity index (χ1v) is 7.11. The molecule has 0 unspecified atom stereocenters. The maximum absolute atomic E-state index is 12.3. The summed E-state index contributed by atoms with van der Waals surface area (Å²) in [5, 5.41) is 7.34. The van der Waals surface area contributed by atoms with Gasteiger partial charge < -0.3 is 10.6 Å². The molecule has 1 amide bonds. The molecule has 1 aliphatic heterocycles. The molecule has 3 rings (SSSR count). The summed E-state index contributed by atoms with van der Waals surface area (Å²) >= 11 is 0. The van der Waals surface area contributed by atoms with Crippen LogP contribution in [0.15, 0.2) is 30.5 Å². The summed E-state index contributed by atoms with van der Waals surface area (Å²) in [6.07, 6.45) is 3.81. The van der Waals surface area contributed by atoms with Gasteiger partial charge in [0.2, 0.25) is 5.91 Å². The molecule has 1 aromatic carbocycles. The van der Waals surface area contributed by atoms with Gasteiger partial charge in [-0.15, -0.1) is 24.8 Å². The molecule has 0 bridgehead atoms. The van der Waals surface area contributed by atoms with Crippen molar-refractivity contribution in [2.45, 2.75) is 19.8 Å². The van der Waals surface area contributed by atoms with Crippen molar-refractivity contribution in [2.24, 2.45) is 5.92 Å². The van der Waals surface area contributed by atoms with Crippen LogP contribution in [0.5, 0.6) is 0 Å². The van der Waals surface area contributed by atoms with E-state index in [1.54, 1.807) is 6.20 Å². The minimum Gasteiger partial charge on any atom is -0.325 e. The molecule has 1 fully saturated rings. The highest BCUT2D eigenvalue weighted by Crippen LogP contribution is 2.25. The smallest absolute Gasteiger partial charge is 0.228 e. The van der Waals surface area contributed by atoms with E-state index in [2.05, 4.69) is 15.6 Å². The lowest BCUT2D eigenvalue weighted by molar-refractivity contribution is -0.120. The molecule has 1 aromatic heterocycles. The second-order valence-corrected chi connectivity index (χ2v) is 5.36. The molecule has 1 aliphatic rings. The number of hydrogen-bond acceptors (Lipinski definition) is 3. The fourth-order valence-electron chi connectivity index (χ4n) is 2.73. The molecule has 2 aromatic rings. The lowest BCUT2D eigenvalue weighted by Gasteiger charge is -2.22. The Kier molecular flexibility index (Phi) is 7.07. The van der Waals surface area contributed by atoms with Crippen LogP contribution in [0.25, 0.3) is 10.9 Å². The molecule has 1 saturated heterocycles. The number of amides is 1. The molecular weight excluding hydrogens is 321 g/mol. The lowest BCUT2D eigenvalue weighted by Crippen LogP contribution is -2.37. The Balaban J connectivity index is 0.00000121. The average Bonchev–Trinajstić information content (AvgIpc) is 2.51. The highest BCUT2D eigenvalue weighted by molar-refractivity contribution is 6.02. The van der Waals surface area contributed by atoms with Gasteiger partial charge in [-0.05, 0) is 50.1 Å². The largest absolute Gasteiger partial charge is 0.325 e. The molecule has 0 aliphatic carbocycles. The van der Waals surface area contributed by atoms with Gasteiger partial charge in [0.15, 0.2) is 0 Å². The van der Waals surface area contributed by atoms with Crippen molar-refractivity contribution in [3.63, 3.8) is 0 Å². The third-order valence-electron chi connectivity index (χ3n) is 3.90. The fraction of sp³-hybridized carbons (Fsp3) is 0.375. The van der Waals surface area contributed by atoms with E-state index in [1.165, 1.54) is 0 Å². The summed E-state index contributed by atoms with van der Waals surface area (Å²) in [6, 6.07) is 7.88. The van der Waals surface area contributed by atoms with Crippen LogP contribution < -0.4 is 10.6 Å². The number of pyridine rings is 1. The van der Waals surface area contributed by atoms with Crippen LogP contribution in [0.4, 0.5) is 5.69 Å². The zero-order chi connectivity index (χ0) is 13.9. The molecule has 2 heterocycles. The Labute approximate surface area is 142 Å². The fourth-order valence-corrected chi connectivity index (χ4v) is 2.73. The normalized spacial score (nSPS) is 17.2. The van der Waals surface area contributed by atoms with Crippen molar-refractivity contribution in [3.05, 3.63) is 36.0 Å². The summed E-state index contributed by atoms with van der Waals surface area (Å²) in [7, 11) is 0. The third-order valence-corrected chi connectivity index (χ3v) is 3.90. The number of piperidine rings is 1. The minimum absolute atomic E-state index is 0. The van der Waals surface area contributed by atoms with E-state index in [0.717, 1.165) is 48.1 Å². The number of aromatic nitrogens is 1. The van der Waals surface area contributed by atoms with Crippen molar-refractivity contribution >= 4 is 47.3 Å². The van der Waals surface area contributed by atoms with E-state index in [-0.39, 0.29) is 36.6 Å². The van der Waals surface area contributed by atoms with Crippen molar-refractivity contribution in [3.8, 4) is 0 Å². The van der Waals surface area contributed by atoms with Crippen LogP contribution >= 0.6 is 24.8 Å². The van der Waals surface area contributed by atoms with Crippen LogP contribution in [0, 0.1) is 12.8 Å². The summed E-state index contributed by atoms with van der Waals surface area (Å²) in [5.41, 5.74) is 2.93. The van der Waals surface area contributed by atoms with Gasteiger partial charge in [0.1, 0.15) is 0 Å². The topological polar surface area (TPSA) is 54.0 Å². The Morgan fingerprint density at radius 2 is 2.14 bits per heavy atom. The number of halogens is 2. The van der Waals surface area contributed by atoms with Crippen molar-refractivity contribution in [2.75, 3.05) is 18.4 Å². The second kappa shape index (κ2) is 8.32. The van der Waals surface area contributed by atoms with E-state index in [0.29, 0.717) is 0 Å². The highest BCUT2D eigenvalue weighted by atomic mass is 35.5. The van der Waals surface area contributed by atoms with Crippen molar-refractivity contribution in [1.82, 2.24) is 10.3 Å². The van der Waals surface area contributed by atoms with Crippen LogP contribution in [-0.4, -0.2) is 24.0 Å². The van der Waals surface area contributed by atoms with Crippen LogP contribution in [0.1, 0.15) is 18.4 Å². The number of rotatable bonds is 2. The molecule has 6 heteroatoms. The SMILES string of the molecule is Cc1ccc(NC(=O)[C@@H]2CCCNC2)c2cccnc12.Cl.Cl. The van der Waals surface area contributed by atoms with Gasteiger partial charge in [-0.25, -0.2) is 0 Å². The standard InChI is InChI=1S/C16H19N3O.2ClH/c1-11-6-7-14(13-5-3-9-18-15(11)13)19-16(20)12-4-2-8-17-10-12;;/h3,5-7,9,12,17H,2,4,8,10H2,1H3,(H,19,20);2*1H/t12-;;/m1../s1. The molecule has 0 spiro atoms. The molecule has 22 heavy (non-hydrogen) atoms. The van der Waals surface area contributed by atoms with Crippen LogP contribution in [0.3, 0.4) is 0 Å². The quantitative estimate of drug-likeness (QED) is 0.880. The Morgan fingerprint density at radius 3 is 2.86 bits per heavy atom. The first-order chi connectivity index (χ1) is 9.75. The zero-order valence-electron chi connectivity index (χ0n) is 12.5. The third kappa shape index (κ3) is 3.88. The summed E-state index contributed by atoms with van der Waals surface area (Å²) in [6.45, 7) is 3.82. The number of carbonyl (C=O) groups excluding carboxylic acids is 1. The predicted molar refractivity (Wildman–Crippen MR) is 95.2 cm³/mol. The van der Waals surface area contributed by atoms with Crippen LogP contribution in [0.2, 0.25) is 0 Å². The molecule has 0 radical (unpaired) electrons. The number of fused-ring (bicyclic) bond motifs is 1. The first-order valence-electron chi connectivity index (χ1n) is 7.11. The zero-order valence-corrected chi connectivity index (χ0v) is 14.1. The molecule has 4 nitrogen and oxygen atoms in total. The highest BCUT2D eigenvalue weighted by Gasteiger charge is 2.21. The monoisotopic (exact) mass is 341 g/mol. The number of nitrogens with zero attached hydrogens (tertiary/aromatic N) is 1. The maximum Gasteiger partial charge on any atom is 0.228 e. The molecular formula is C16H21Cl2N3O. The van der Waals surface area contributed by atoms with Gasteiger partial charge in [-0.3, -0.25) is 9.78 Å². The maximum atomic E-state index is 12.3. The summed E-state index contributed by atoms with van der Waals surface area (Å²) in [4.78, 5) is 16.7. The van der Waals surface area contributed by atoms with Crippen molar-refractivity contribution < 1.29 is 4.79 Å². The molecule has 1 atom stereocenters.